The van der Waals surface area contributed by atoms with Crippen molar-refractivity contribution in [1.82, 2.24) is 15.0 Å². The van der Waals surface area contributed by atoms with Gasteiger partial charge in [0.1, 0.15) is 0 Å². The molecule has 2 rings (SSSR count). The Morgan fingerprint density at radius 3 is 3.08 bits per heavy atom. The summed E-state index contributed by atoms with van der Waals surface area (Å²) < 4.78 is 12.5. The second-order valence-electron chi connectivity index (χ2n) is 2.24. The number of hydrogen-bond acceptors (Lipinski definition) is 3. The van der Waals surface area contributed by atoms with E-state index in [0.717, 1.165) is 6.07 Å². The molecule has 0 aromatic carbocycles. The van der Waals surface area contributed by atoms with Crippen LogP contribution in [0, 0.1) is 5.95 Å². The van der Waals surface area contributed by atoms with Gasteiger partial charge in [0.15, 0.2) is 5.65 Å². The Kier molecular flexibility index (Phi) is 1.36. The number of H-pyrrole nitrogens is 1. The van der Waals surface area contributed by atoms with Crippen LogP contribution in [0.25, 0.3) is 11.0 Å². The second kappa shape index (κ2) is 2.37. The number of rotatable bonds is 0. The van der Waals surface area contributed by atoms with E-state index in [0.29, 0.717) is 5.39 Å². The number of pyridine rings is 1. The lowest BCUT2D eigenvalue weighted by molar-refractivity contribution is 0.588. The van der Waals surface area contributed by atoms with Crippen LogP contribution in [-0.2, 0) is 0 Å². The number of nitrogens with one attached hydrogen (secondary N) is 1. The maximum Gasteiger partial charge on any atom is 0.260 e. The zero-order valence-corrected chi connectivity index (χ0v) is 5.91. The van der Waals surface area contributed by atoms with E-state index >= 15 is 0 Å². The number of hydrogen-bond donors (Lipinski definition) is 1. The Bertz CT molecular complexity index is 479. The lowest BCUT2D eigenvalue weighted by atomic mass is 10.3. The molecule has 5 heteroatoms. The number of nitrogens with zero attached hydrogens (tertiary/aromatic N) is 2. The Labute approximate surface area is 66.1 Å². The Morgan fingerprint density at radius 1 is 1.42 bits per heavy atom. The highest BCUT2D eigenvalue weighted by Gasteiger charge is 2.00. The maximum atomic E-state index is 12.5. The molecule has 0 saturated heterocycles. The molecule has 0 atom stereocenters. The van der Waals surface area contributed by atoms with Gasteiger partial charge >= 0.3 is 0 Å². The van der Waals surface area contributed by atoms with Crippen molar-refractivity contribution < 1.29 is 4.39 Å². The summed E-state index contributed by atoms with van der Waals surface area (Å²) in [6, 6.07) is 2.47. The molecule has 0 spiro atoms. The van der Waals surface area contributed by atoms with Crippen LogP contribution in [0.15, 0.2) is 23.3 Å². The van der Waals surface area contributed by atoms with Crippen molar-refractivity contribution in [1.29, 1.82) is 0 Å². The quantitative estimate of drug-likeness (QED) is 0.577. The lowest BCUT2D eigenvalue weighted by Crippen LogP contribution is -2.07. The van der Waals surface area contributed by atoms with E-state index in [-0.39, 0.29) is 11.2 Å². The summed E-state index contributed by atoms with van der Waals surface area (Å²) in [6.07, 6.45) is 1.19. The fraction of sp³-hybridized carbons (Fsp3) is 0. The first-order valence-electron chi connectivity index (χ1n) is 3.27. The van der Waals surface area contributed by atoms with Gasteiger partial charge in [0.2, 0.25) is 5.95 Å². The van der Waals surface area contributed by atoms with Crippen LogP contribution in [0.5, 0.6) is 0 Å². The van der Waals surface area contributed by atoms with Gasteiger partial charge in [0, 0.05) is 0 Å². The summed E-state index contributed by atoms with van der Waals surface area (Å²) in [5.74, 6) is -0.638. The molecule has 0 unspecified atom stereocenters. The average Bonchev–Trinajstić information content (AvgIpc) is 2.04. The standard InChI is InChI=1S/C7H4FN3O/c8-5-2-1-4-6(11-5)9-3-10-7(4)12/h1-3H,(H,9,10,11,12). The molecular formula is C7H4FN3O. The predicted octanol–water partition coefficient (Wildman–Crippen LogP) is 0.457. The third kappa shape index (κ3) is 0.952. The van der Waals surface area contributed by atoms with E-state index in [1.54, 1.807) is 0 Å². The highest BCUT2D eigenvalue weighted by atomic mass is 19.1. The zero-order chi connectivity index (χ0) is 8.55. The number of halogens is 1. The van der Waals surface area contributed by atoms with Crippen molar-refractivity contribution in [2.24, 2.45) is 0 Å². The van der Waals surface area contributed by atoms with E-state index in [1.165, 1.54) is 12.4 Å². The number of aromatic nitrogens is 3. The van der Waals surface area contributed by atoms with Crippen molar-refractivity contribution in [2.45, 2.75) is 0 Å². The molecule has 12 heavy (non-hydrogen) atoms. The van der Waals surface area contributed by atoms with Gasteiger partial charge < -0.3 is 4.98 Å². The molecule has 2 heterocycles. The molecule has 0 aliphatic rings. The minimum Gasteiger partial charge on any atom is -0.313 e. The van der Waals surface area contributed by atoms with Crippen LogP contribution in [0.2, 0.25) is 0 Å². The predicted molar refractivity (Wildman–Crippen MR) is 40.1 cm³/mol. The van der Waals surface area contributed by atoms with Gasteiger partial charge in [0.25, 0.3) is 5.56 Å². The largest absolute Gasteiger partial charge is 0.313 e. The van der Waals surface area contributed by atoms with Gasteiger partial charge in [-0.1, -0.05) is 0 Å². The van der Waals surface area contributed by atoms with Crippen LogP contribution in [0.3, 0.4) is 0 Å². The Balaban J connectivity index is 2.96. The highest BCUT2D eigenvalue weighted by molar-refractivity contribution is 5.72. The minimum atomic E-state index is -0.638. The van der Waals surface area contributed by atoms with Crippen molar-refractivity contribution in [3.8, 4) is 0 Å². The molecule has 2 aromatic heterocycles. The van der Waals surface area contributed by atoms with Crippen molar-refractivity contribution >= 4 is 11.0 Å². The minimum absolute atomic E-state index is 0.124. The maximum absolute atomic E-state index is 12.5. The zero-order valence-electron chi connectivity index (χ0n) is 5.91. The fourth-order valence-corrected chi connectivity index (χ4v) is 0.931. The first-order valence-corrected chi connectivity index (χ1v) is 3.27. The summed E-state index contributed by atoms with van der Waals surface area (Å²) in [4.78, 5) is 20.5. The monoisotopic (exact) mass is 165 g/mol. The van der Waals surface area contributed by atoms with E-state index in [9.17, 15) is 9.18 Å². The molecule has 0 fully saturated rings. The number of aromatic amines is 1. The topological polar surface area (TPSA) is 58.6 Å². The van der Waals surface area contributed by atoms with E-state index < -0.39 is 5.95 Å². The third-order valence-electron chi connectivity index (χ3n) is 1.47. The fourth-order valence-electron chi connectivity index (χ4n) is 0.931. The Morgan fingerprint density at radius 2 is 2.25 bits per heavy atom. The average molecular weight is 165 g/mol. The number of fused-ring (bicyclic) bond motifs is 1. The molecule has 0 bridgehead atoms. The molecule has 0 radical (unpaired) electrons. The lowest BCUT2D eigenvalue weighted by Gasteiger charge is -1.92. The van der Waals surface area contributed by atoms with Crippen molar-refractivity contribution in [2.75, 3.05) is 0 Å². The van der Waals surface area contributed by atoms with E-state index in [2.05, 4.69) is 15.0 Å². The van der Waals surface area contributed by atoms with Crippen molar-refractivity contribution in [3.63, 3.8) is 0 Å². The molecule has 60 valence electrons. The molecule has 0 saturated carbocycles. The first kappa shape index (κ1) is 6.90. The van der Waals surface area contributed by atoms with Crippen molar-refractivity contribution in [3.05, 3.63) is 34.8 Å². The molecule has 0 aliphatic carbocycles. The van der Waals surface area contributed by atoms with Crippen LogP contribution < -0.4 is 5.56 Å². The smallest absolute Gasteiger partial charge is 0.260 e. The van der Waals surface area contributed by atoms with Gasteiger partial charge in [-0.25, -0.2) is 4.98 Å². The molecule has 0 amide bonds. The normalized spacial score (nSPS) is 10.4. The Hall–Kier alpha value is -1.78. The highest BCUT2D eigenvalue weighted by Crippen LogP contribution is 2.02. The van der Waals surface area contributed by atoms with E-state index in [4.69, 9.17) is 0 Å². The molecule has 0 aliphatic heterocycles. The molecular weight excluding hydrogens is 161 g/mol. The van der Waals surface area contributed by atoms with E-state index in [1.807, 2.05) is 0 Å². The van der Waals surface area contributed by atoms with Gasteiger partial charge in [-0.3, -0.25) is 4.79 Å². The van der Waals surface area contributed by atoms with Crippen LogP contribution in [-0.4, -0.2) is 15.0 Å². The summed E-state index contributed by atoms with van der Waals surface area (Å²) in [7, 11) is 0. The van der Waals surface area contributed by atoms with Gasteiger partial charge in [0.05, 0.1) is 11.7 Å². The third-order valence-corrected chi connectivity index (χ3v) is 1.47. The summed E-state index contributed by atoms with van der Waals surface area (Å²) >= 11 is 0. The van der Waals surface area contributed by atoms with Gasteiger partial charge in [-0.2, -0.15) is 9.37 Å². The van der Waals surface area contributed by atoms with Gasteiger partial charge in [-0.15, -0.1) is 0 Å². The summed E-state index contributed by atoms with van der Waals surface area (Å²) in [6.45, 7) is 0. The summed E-state index contributed by atoms with van der Waals surface area (Å²) in [5.41, 5.74) is -0.189. The molecule has 4 nitrogen and oxygen atoms in total. The second-order valence-corrected chi connectivity index (χ2v) is 2.24. The summed E-state index contributed by atoms with van der Waals surface area (Å²) in [5, 5.41) is 0.291. The van der Waals surface area contributed by atoms with Crippen LogP contribution >= 0.6 is 0 Å². The van der Waals surface area contributed by atoms with Crippen LogP contribution in [0.4, 0.5) is 4.39 Å². The molecule has 2 aromatic rings. The van der Waals surface area contributed by atoms with Gasteiger partial charge in [-0.05, 0) is 12.1 Å². The first-order chi connectivity index (χ1) is 5.77. The SMILES string of the molecule is O=c1[nH]cnc2nc(F)ccc12. The molecule has 1 N–H and O–H groups in total. The van der Waals surface area contributed by atoms with Crippen LogP contribution in [0.1, 0.15) is 0 Å².